The maximum Gasteiger partial charge on any atom is 0.478 e. The van der Waals surface area contributed by atoms with Crippen LogP contribution < -0.4 is 0 Å². The maximum atomic E-state index is 9.63. The molecule has 8 nitrogen and oxygen atoms in total. The zero-order valence-electron chi connectivity index (χ0n) is 7.14. The molecule has 0 aromatic carbocycles. The van der Waals surface area contributed by atoms with Crippen LogP contribution in [0.15, 0.2) is 0 Å². The highest BCUT2D eigenvalue weighted by Crippen LogP contribution is 2.53. The summed E-state index contributed by atoms with van der Waals surface area (Å²) in [7, 11) is -10.1. The van der Waals surface area contributed by atoms with Crippen molar-refractivity contribution in [3.05, 3.63) is 0 Å². The van der Waals surface area contributed by atoms with Gasteiger partial charge in [0.25, 0.3) is 0 Å². The summed E-state index contributed by atoms with van der Waals surface area (Å²) in [5.41, 5.74) is 0. The van der Waals surface area contributed by atoms with Gasteiger partial charge in [0.15, 0.2) is 0 Å². The summed E-state index contributed by atoms with van der Waals surface area (Å²) >= 11 is 0. The topological polar surface area (TPSA) is 134 Å². The Balaban J connectivity index is 0.000000280. The number of rotatable bonds is 2. The molecule has 10 heteroatoms. The van der Waals surface area contributed by atoms with E-state index in [2.05, 4.69) is 4.31 Å². The first-order chi connectivity index (χ1) is 6.21. The van der Waals surface area contributed by atoms with Crippen molar-refractivity contribution < 1.29 is 37.8 Å². The van der Waals surface area contributed by atoms with E-state index in [-0.39, 0.29) is 0 Å². The van der Waals surface area contributed by atoms with Crippen molar-refractivity contribution in [3.8, 4) is 0 Å². The van der Waals surface area contributed by atoms with Gasteiger partial charge in [-0.25, -0.2) is 9.13 Å². The van der Waals surface area contributed by atoms with Crippen LogP contribution in [0, 0.1) is 0 Å². The Kier molecular flexibility index (Phi) is 6.04. The van der Waals surface area contributed by atoms with Crippen molar-refractivity contribution in [2.75, 3.05) is 13.2 Å². The van der Waals surface area contributed by atoms with E-state index in [0.29, 0.717) is 0 Å². The Labute approximate surface area is 80.3 Å². The van der Waals surface area contributed by atoms with Crippen molar-refractivity contribution in [1.82, 2.24) is 0 Å². The summed E-state index contributed by atoms with van der Waals surface area (Å²) in [4.78, 5) is 31.0. The van der Waals surface area contributed by atoms with Crippen LogP contribution in [0.1, 0.15) is 12.8 Å². The zero-order chi connectivity index (χ0) is 11.2. The van der Waals surface area contributed by atoms with Crippen molar-refractivity contribution >= 4 is 15.6 Å². The predicted molar refractivity (Wildman–Crippen MR) is 45.2 cm³/mol. The van der Waals surface area contributed by atoms with E-state index in [4.69, 9.17) is 24.3 Å². The molecular weight excluding hydrogens is 238 g/mol. The second kappa shape index (κ2) is 5.95. The number of hydrogen-bond donors (Lipinski definition) is 4. The van der Waals surface area contributed by atoms with Crippen molar-refractivity contribution in [2.45, 2.75) is 12.8 Å². The molecule has 86 valence electrons. The average molecular weight is 250 g/mol. The van der Waals surface area contributed by atoms with E-state index >= 15 is 0 Å². The van der Waals surface area contributed by atoms with Gasteiger partial charge in [0.2, 0.25) is 0 Å². The van der Waals surface area contributed by atoms with E-state index < -0.39 is 15.6 Å². The molecule has 1 fully saturated rings. The van der Waals surface area contributed by atoms with E-state index in [9.17, 15) is 9.13 Å². The third-order valence-corrected chi connectivity index (χ3v) is 2.74. The van der Waals surface area contributed by atoms with E-state index in [1.807, 2.05) is 0 Å². The largest absolute Gasteiger partial charge is 0.478 e. The van der Waals surface area contributed by atoms with Crippen molar-refractivity contribution in [3.63, 3.8) is 0 Å². The molecule has 0 aliphatic carbocycles. The van der Waals surface area contributed by atoms with Gasteiger partial charge in [-0.15, -0.1) is 0 Å². The normalized spacial score (nSPS) is 17.4. The molecule has 0 unspecified atom stereocenters. The number of ether oxygens (including phenoxy) is 1. The molecule has 1 rings (SSSR count). The summed E-state index contributed by atoms with van der Waals surface area (Å²) < 4.78 is 27.2. The first kappa shape index (κ1) is 14.2. The van der Waals surface area contributed by atoms with Gasteiger partial charge in [-0.3, -0.25) is 0 Å². The zero-order valence-corrected chi connectivity index (χ0v) is 8.93. The molecule has 1 aliphatic rings. The molecule has 0 aromatic heterocycles. The molecule has 0 amide bonds. The lowest BCUT2D eigenvalue weighted by atomic mass is 10.4. The third-order valence-electron chi connectivity index (χ3n) is 1.04. The third kappa shape index (κ3) is 12.2. The Morgan fingerprint density at radius 3 is 1.36 bits per heavy atom. The van der Waals surface area contributed by atoms with Crippen LogP contribution in [0.5, 0.6) is 0 Å². The van der Waals surface area contributed by atoms with Gasteiger partial charge in [-0.2, -0.15) is 4.31 Å². The summed E-state index contributed by atoms with van der Waals surface area (Å²) in [6.45, 7) is 2.00. The van der Waals surface area contributed by atoms with Gasteiger partial charge in [0.05, 0.1) is 0 Å². The van der Waals surface area contributed by atoms with Gasteiger partial charge in [-0.1, -0.05) is 0 Å². The Bertz CT molecular complexity index is 208. The number of hydrogen-bond acceptors (Lipinski definition) is 4. The second-order valence-corrected chi connectivity index (χ2v) is 5.00. The smallest absolute Gasteiger partial charge is 0.381 e. The summed E-state index contributed by atoms with van der Waals surface area (Å²) in [6, 6.07) is 0. The molecule has 0 atom stereocenters. The number of phosphoric acid groups is 2. The maximum absolute atomic E-state index is 9.63. The fourth-order valence-corrected chi connectivity index (χ4v) is 1.76. The lowest BCUT2D eigenvalue weighted by Gasteiger charge is -2.03. The van der Waals surface area contributed by atoms with Gasteiger partial charge in [0.1, 0.15) is 0 Å². The van der Waals surface area contributed by atoms with Crippen LogP contribution in [0.3, 0.4) is 0 Å². The molecule has 14 heavy (non-hydrogen) atoms. The summed E-state index contributed by atoms with van der Waals surface area (Å²) in [6.07, 6.45) is 2.56. The van der Waals surface area contributed by atoms with Crippen LogP contribution in [-0.4, -0.2) is 32.8 Å². The fourth-order valence-electron chi connectivity index (χ4n) is 0.649. The molecule has 0 aromatic rings. The molecule has 1 heterocycles. The van der Waals surface area contributed by atoms with E-state index in [1.54, 1.807) is 0 Å². The highest BCUT2D eigenvalue weighted by atomic mass is 31.3. The highest BCUT2D eigenvalue weighted by molar-refractivity contribution is 7.60. The van der Waals surface area contributed by atoms with E-state index in [1.165, 1.54) is 12.8 Å². The highest BCUT2D eigenvalue weighted by Gasteiger charge is 2.27. The van der Waals surface area contributed by atoms with Crippen molar-refractivity contribution in [1.29, 1.82) is 0 Å². The first-order valence-electron chi connectivity index (χ1n) is 3.61. The molecular formula is C4H12O8P2. The summed E-state index contributed by atoms with van der Waals surface area (Å²) in [5.74, 6) is 0. The average Bonchev–Trinajstić information content (AvgIpc) is 2.29. The fraction of sp³-hybridized carbons (Fsp3) is 1.00. The van der Waals surface area contributed by atoms with Crippen LogP contribution in [0.2, 0.25) is 0 Å². The lowest BCUT2D eigenvalue weighted by Crippen LogP contribution is -1.84. The van der Waals surface area contributed by atoms with Gasteiger partial charge in [-0.05, 0) is 12.8 Å². The van der Waals surface area contributed by atoms with Gasteiger partial charge >= 0.3 is 15.6 Å². The minimum atomic E-state index is -5.05. The van der Waals surface area contributed by atoms with Gasteiger partial charge in [0, 0.05) is 13.2 Å². The minimum Gasteiger partial charge on any atom is -0.381 e. The SMILES string of the molecule is C1CCOC1.O=P(O)(O)OP(=O)(O)O. The first-order valence-corrected chi connectivity index (χ1v) is 6.67. The predicted octanol–water partition coefficient (Wildman–Crippen LogP) is -0.0148. The Morgan fingerprint density at radius 2 is 1.29 bits per heavy atom. The molecule has 0 radical (unpaired) electrons. The standard InChI is InChI=1S/C4H8O.H4O7P2/c1-2-4-5-3-1;1-8(2,3)7-9(4,5)6/h1-4H2;(H2,1,2,3)(H2,4,5,6). The molecule has 0 saturated carbocycles. The Hall–Kier alpha value is 0.220. The van der Waals surface area contributed by atoms with Crippen LogP contribution in [-0.2, 0) is 18.2 Å². The van der Waals surface area contributed by atoms with Crippen LogP contribution in [0.4, 0.5) is 0 Å². The molecule has 0 spiro atoms. The molecule has 1 saturated heterocycles. The minimum absolute atomic E-state index is 1.00. The lowest BCUT2D eigenvalue weighted by molar-refractivity contribution is 0.198. The van der Waals surface area contributed by atoms with Crippen LogP contribution >= 0.6 is 15.6 Å². The summed E-state index contributed by atoms with van der Waals surface area (Å²) in [5, 5.41) is 0. The monoisotopic (exact) mass is 250 g/mol. The molecule has 1 aliphatic heterocycles. The van der Waals surface area contributed by atoms with Crippen molar-refractivity contribution in [2.24, 2.45) is 0 Å². The second-order valence-electron chi connectivity index (χ2n) is 2.38. The van der Waals surface area contributed by atoms with Crippen LogP contribution in [0.25, 0.3) is 0 Å². The molecule has 4 N–H and O–H groups in total. The quantitative estimate of drug-likeness (QED) is 0.502. The molecule has 0 bridgehead atoms. The van der Waals surface area contributed by atoms with E-state index in [0.717, 1.165) is 13.2 Å². The van der Waals surface area contributed by atoms with Gasteiger partial charge < -0.3 is 24.3 Å². The Morgan fingerprint density at radius 1 is 0.929 bits per heavy atom.